The highest BCUT2D eigenvalue weighted by Crippen LogP contribution is 2.24. The summed E-state index contributed by atoms with van der Waals surface area (Å²) >= 11 is 1.38. The number of nitrogens with one attached hydrogen (secondary N) is 2. The van der Waals surface area contributed by atoms with E-state index < -0.39 is 0 Å². The monoisotopic (exact) mass is 336 g/mol. The molecule has 0 spiro atoms. The minimum Gasteiger partial charge on any atom is -0.333 e. The van der Waals surface area contributed by atoms with E-state index in [1.807, 2.05) is 32.0 Å². The van der Waals surface area contributed by atoms with E-state index in [4.69, 9.17) is 5.26 Å². The molecule has 1 heterocycles. The van der Waals surface area contributed by atoms with Gasteiger partial charge in [0.1, 0.15) is 0 Å². The Kier molecular flexibility index (Phi) is 4.54. The number of hydrogen-bond donors (Lipinski definition) is 2. The molecule has 1 amide bonds. The number of benzene rings is 2. The van der Waals surface area contributed by atoms with Crippen molar-refractivity contribution in [3.05, 3.63) is 53.6 Å². The summed E-state index contributed by atoms with van der Waals surface area (Å²) in [6, 6.07) is 14.9. The molecule has 0 aliphatic rings. The average Bonchev–Trinajstić information content (AvgIpc) is 2.96. The van der Waals surface area contributed by atoms with Gasteiger partial charge >= 0.3 is 0 Å². The van der Waals surface area contributed by atoms with Gasteiger partial charge in [-0.15, -0.1) is 0 Å². The Bertz CT molecular complexity index is 924. The number of H-pyrrole nitrogens is 1. The molecule has 0 radical (unpaired) electrons. The molecule has 0 fully saturated rings. The standard InChI is InChI=1S/C18H16N4OS/c1-11-3-8-15-16(9-11)22-18(21-15)24-12(2)17(23)20-14-6-4-13(10-19)5-7-14/h3-9,12H,1-2H3,(H,20,23)(H,21,22). The number of aromatic nitrogens is 2. The van der Waals surface area contributed by atoms with E-state index in [0.717, 1.165) is 21.8 Å². The first kappa shape index (κ1) is 16.1. The Morgan fingerprint density at radius 2 is 2.04 bits per heavy atom. The van der Waals surface area contributed by atoms with Crippen molar-refractivity contribution in [3.8, 4) is 6.07 Å². The number of fused-ring (bicyclic) bond motifs is 1. The van der Waals surface area contributed by atoms with E-state index >= 15 is 0 Å². The van der Waals surface area contributed by atoms with E-state index in [2.05, 4.69) is 21.4 Å². The second-order valence-corrected chi connectivity index (χ2v) is 6.83. The van der Waals surface area contributed by atoms with Crippen molar-refractivity contribution in [3.63, 3.8) is 0 Å². The minimum absolute atomic E-state index is 0.110. The zero-order chi connectivity index (χ0) is 17.1. The molecule has 3 aromatic rings. The van der Waals surface area contributed by atoms with Crippen LogP contribution in [-0.4, -0.2) is 21.1 Å². The number of nitrogens with zero attached hydrogens (tertiary/aromatic N) is 2. The van der Waals surface area contributed by atoms with E-state index in [0.29, 0.717) is 11.3 Å². The first-order chi connectivity index (χ1) is 11.5. The van der Waals surface area contributed by atoms with Crippen LogP contribution in [0.4, 0.5) is 5.69 Å². The van der Waals surface area contributed by atoms with Crippen molar-refractivity contribution < 1.29 is 4.79 Å². The molecule has 0 bridgehead atoms. The van der Waals surface area contributed by atoms with Crippen LogP contribution in [0.1, 0.15) is 18.1 Å². The number of carbonyl (C=O) groups excluding carboxylic acids is 1. The number of rotatable bonds is 4. The van der Waals surface area contributed by atoms with Crippen molar-refractivity contribution in [1.29, 1.82) is 5.26 Å². The van der Waals surface area contributed by atoms with Crippen LogP contribution in [0.5, 0.6) is 0 Å². The summed E-state index contributed by atoms with van der Waals surface area (Å²) in [7, 11) is 0. The molecule has 0 saturated heterocycles. The summed E-state index contributed by atoms with van der Waals surface area (Å²) in [5, 5.41) is 12.1. The van der Waals surface area contributed by atoms with Crippen LogP contribution in [0.2, 0.25) is 0 Å². The van der Waals surface area contributed by atoms with E-state index in [9.17, 15) is 4.79 Å². The summed E-state index contributed by atoms with van der Waals surface area (Å²) in [6.07, 6.45) is 0. The van der Waals surface area contributed by atoms with Crippen LogP contribution in [0.25, 0.3) is 11.0 Å². The topological polar surface area (TPSA) is 81.6 Å². The summed E-state index contributed by atoms with van der Waals surface area (Å²) in [4.78, 5) is 20.0. The highest BCUT2D eigenvalue weighted by Gasteiger charge is 2.16. The summed E-state index contributed by atoms with van der Waals surface area (Å²) in [5.74, 6) is -0.110. The number of carbonyl (C=O) groups is 1. The molecule has 3 rings (SSSR count). The van der Waals surface area contributed by atoms with Gasteiger partial charge in [0.15, 0.2) is 5.16 Å². The first-order valence-corrected chi connectivity index (χ1v) is 8.37. The van der Waals surface area contributed by atoms with Crippen LogP contribution in [0.3, 0.4) is 0 Å². The number of hydrogen-bond acceptors (Lipinski definition) is 4. The summed E-state index contributed by atoms with van der Waals surface area (Å²) < 4.78 is 0. The quantitative estimate of drug-likeness (QED) is 0.709. The van der Waals surface area contributed by atoms with Crippen LogP contribution < -0.4 is 5.32 Å². The second-order valence-electron chi connectivity index (χ2n) is 5.50. The van der Waals surface area contributed by atoms with E-state index in [1.54, 1.807) is 24.3 Å². The van der Waals surface area contributed by atoms with E-state index in [1.165, 1.54) is 11.8 Å². The molecule has 5 nitrogen and oxygen atoms in total. The van der Waals surface area contributed by atoms with Gasteiger partial charge in [0, 0.05) is 5.69 Å². The summed E-state index contributed by atoms with van der Waals surface area (Å²) in [6.45, 7) is 3.86. The number of aromatic amines is 1. The smallest absolute Gasteiger partial charge is 0.237 e. The SMILES string of the molecule is Cc1ccc2nc(SC(C)C(=O)Nc3ccc(C#N)cc3)[nH]c2c1. The predicted molar refractivity (Wildman–Crippen MR) is 95.9 cm³/mol. The number of aryl methyl sites for hydroxylation is 1. The van der Waals surface area contributed by atoms with Gasteiger partial charge in [-0.05, 0) is 55.8 Å². The maximum Gasteiger partial charge on any atom is 0.237 e. The third-order valence-electron chi connectivity index (χ3n) is 3.55. The van der Waals surface area contributed by atoms with Gasteiger partial charge in [-0.2, -0.15) is 5.26 Å². The Hall–Kier alpha value is -2.78. The van der Waals surface area contributed by atoms with Crippen molar-refractivity contribution in [2.45, 2.75) is 24.3 Å². The lowest BCUT2D eigenvalue weighted by Crippen LogP contribution is -2.22. The highest BCUT2D eigenvalue weighted by molar-refractivity contribution is 8.00. The second kappa shape index (κ2) is 6.77. The van der Waals surface area contributed by atoms with Crippen LogP contribution in [0, 0.1) is 18.3 Å². The molecule has 0 aliphatic heterocycles. The van der Waals surface area contributed by atoms with Gasteiger partial charge in [0.2, 0.25) is 5.91 Å². The van der Waals surface area contributed by atoms with Crippen LogP contribution in [-0.2, 0) is 4.79 Å². The minimum atomic E-state index is -0.303. The zero-order valence-electron chi connectivity index (χ0n) is 13.3. The molecule has 1 unspecified atom stereocenters. The zero-order valence-corrected chi connectivity index (χ0v) is 14.1. The maximum atomic E-state index is 12.3. The molecule has 0 saturated carbocycles. The third-order valence-corrected chi connectivity index (χ3v) is 4.54. The Morgan fingerprint density at radius 3 is 2.75 bits per heavy atom. The lowest BCUT2D eigenvalue weighted by atomic mass is 10.2. The fraction of sp³-hybridized carbons (Fsp3) is 0.167. The Morgan fingerprint density at radius 1 is 1.29 bits per heavy atom. The van der Waals surface area contributed by atoms with Crippen molar-refractivity contribution >= 4 is 34.4 Å². The largest absolute Gasteiger partial charge is 0.333 e. The molecule has 2 N–H and O–H groups in total. The van der Waals surface area contributed by atoms with Crippen molar-refractivity contribution in [2.24, 2.45) is 0 Å². The lowest BCUT2D eigenvalue weighted by Gasteiger charge is -2.10. The van der Waals surface area contributed by atoms with Gasteiger partial charge < -0.3 is 10.3 Å². The Balaban J connectivity index is 1.67. The number of thioether (sulfide) groups is 1. The first-order valence-electron chi connectivity index (χ1n) is 7.49. The number of imidazole rings is 1. The lowest BCUT2D eigenvalue weighted by molar-refractivity contribution is -0.115. The van der Waals surface area contributed by atoms with Gasteiger partial charge in [-0.3, -0.25) is 4.79 Å². The van der Waals surface area contributed by atoms with Gasteiger partial charge in [0.05, 0.1) is 27.9 Å². The molecule has 120 valence electrons. The van der Waals surface area contributed by atoms with Gasteiger partial charge in [0.25, 0.3) is 0 Å². The number of anilines is 1. The number of nitriles is 1. The normalized spacial score (nSPS) is 11.9. The molecule has 1 aromatic heterocycles. The van der Waals surface area contributed by atoms with Crippen LogP contribution in [0.15, 0.2) is 47.6 Å². The number of amides is 1. The fourth-order valence-corrected chi connectivity index (χ4v) is 3.07. The molecular formula is C18H16N4OS. The van der Waals surface area contributed by atoms with Crippen LogP contribution >= 0.6 is 11.8 Å². The van der Waals surface area contributed by atoms with Gasteiger partial charge in [-0.1, -0.05) is 17.8 Å². The highest BCUT2D eigenvalue weighted by atomic mass is 32.2. The van der Waals surface area contributed by atoms with Crippen molar-refractivity contribution in [2.75, 3.05) is 5.32 Å². The molecule has 6 heteroatoms. The maximum absolute atomic E-state index is 12.3. The fourth-order valence-electron chi connectivity index (χ4n) is 2.25. The average molecular weight is 336 g/mol. The van der Waals surface area contributed by atoms with Gasteiger partial charge in [-0.25, -0.2) is 4.98 Å². The van der Waals surface area contributed by atoms with Crippen molar-refractivity contribution in [1.82, 2.24) is 9.97 Å². The molecule has 24 heavy (non-hydrogen) atoms. The predicted octanol–water partition coefficient (Wildman–Crippen LogP) is 3.86. The Labute approximate surface area is 144 Å². The third kappa shape index (κ3) is 3.58. The summed E-state index contributed by atoms with van der Waals surface area (Å²) in [5.41, 5.74) is 4.26. The molecule has 0 aliphatic carbocycles. The molecule has 2 aromatic carbocycles. The molecular weight excluding hydrogens is 320 g/mol. The molecule has 1 atom stereocenters. The van der Waals surface area contributed by atoms with E-state index in [-0.39, 0.29) is 11.2 Å².